The molecule has 0 aliphatic rings. The summed E-state index contributed by atoms with van der Waals surface area (Å²) in [6, 6.07) is 7.89. The Kier molecular flexibility index (Phi) is 3.83. The first-order valence-corrected chi connectivity index (χ1v) is 6.15. The Morgan fingerprint density at radius 3 is 2.94 bits per heavy atom. The Balaban J connectivity index is 1.80. The molecule has 0 amide bonds. The van der Waals surface area contributed by atoms with Gasteiger partial charge in [-0.3, -0.25) is 9.78 Å². The minimum Gasteiger partial charge on any atom is -0.299 e. The Morgan fingerprint density at radius 2 is 2.25 bits per heavy atom. The van der Waals surface area contributed by atoms with Gasteiger partial charge in [0.15, 0.2) is 0 Å². The molecule has 0 radical (unpaired) electrons. The van der Waals surface area contributed by atoms with E-state index < -0.39 is 0 Å². The van der Waals surface area contributed by atoms with Gasteiger partial charge in [0.05, 0.1) is 0 Å². The average Bonchev–Trinajstić information content (AvgIpc) is 2.81. The van der Waals surface area contributed by atoms with Crippen LogP contribution in [-0.4, -0.2) is 10.8 Å². The van der Waals surface area contributed by atoms with Crippen molar-refractivity contribution in [1.82, 2.24) is 4.98 Å². The number of carbonyl (C=O) groups is 1. The van der Waals surface area contributed by atoms with E-state index in [1.165, 1.54) is 0 Å². The lowest BCUT2D eigenvalue weighted by Gasteiger charge is -1.99. The molecule has 0 bridgehead atoms. The molecule has 0 aromatic carbocycles. The second kappa shape index (κ2) is 5.56. The summed E-state index contributed by atoms with van der Waals surface area (Å²) in [6.07, 6.45) is 5.52. The van der Waals surface area contributed by atoms with Crippen molar-refractivity contribution in [2.45, 2.75) is 19.3 Å². The van der Waals surface area contributed by atoms with Gasteiger partial charge in [-0.25, -0.2) is 0 Å². The lowest BCUT2D eigenvalue weighted by molar-refractivity contribution is -0.118. The first-order chi connectivity index (χ1) is 7.84. The first-order valence-electron chi connectivity index (χ1n) is 5.27. The van der Waals surface area contributed by atoms with Gasteiger partial charge >= 0.3 is 0 Å². The summed E-state index contributed by atoms with van der Waals surface area (Å²) in [6.45, 7) is 0. The van der Waals surface area contributed by atoms with Crippen molar-refractivity contribution in [3.8, 4) is 0 Å². The number of hydrogen-bond donors (Lipinski definition) is 0. The molecule has 0 saturated carbocycles. The molecule has 0 unspecified atom stereocenters. The van der Waals surface area contributed by atoms with E-state index in [1.807, 2.05) is 35.8 Å². The lowest BCUT2D eigenvalue weighted by Crippen LogP contribution is -2.03. The molecule has 2 rings (SSSR count). The maximum absolute atomic E-state index is 11.7. The summed E-state index contributed by atoms with van der Waals surface area (Å²) in [7, 11) is 0. The highest BCUT2D eigenvalue weighted by Gasteiger charge is 2.04. The minimum atomic E-state index is 0.298. The van der Waals surface area contributed by atoms with Crippen molar-refractivity contribution in [2.24, 2.45) is 0 Å². The number of carbonyl (C=O) groups excluding carboxylic acids is 1. The fraction of sp³-hybridized carbons (Fsp3) is 0.231. The first kappa shape index (κ1) is 11.0. The number of rotatable bonds is 5. The SMILES string of the molecule is O=C(CCc1cccnc1)Cc1cccs1. The lowest BCUT2D eigenvalue weighted by atomic mass is 10.1. The number of ketones is 1. The zero-order valence-electron chi connectivity index (χ0n) is 8.93. The predicted molar refractivity (Wildman–Crippen MR) is 65.6 cm³/mol. The normalized spacial score (nSPS) is 10.2. The van der Waals surface area contributed by atoms with Crippen LogP contribution in [0.5, 0.6) is 0 Å². The zero-order chi connectivity index (χ0) is 11.2. The fourth-order valence-corrected chi connectivity index (χ4v) is 2.26. The van der Waals surface area contributed by atoms with E-state index in [0.29, 0.717) is 18.6 Å². The predicted octanol–water partition coefficient (Wildman–Crippen LogP) is 2.89. The average molecular weight is 231 g/mol. The van der Waals surface area contributed by atoms with Gasteiger partial charge in [-0.05, 0) is 29.5 Å². The number of Topliss-reactive ketones (excluding diaryl/α,β-unsaturated/α-hetero) is 1. The summed E-state index contributed by atoms with van der Waals surface area (Å²) >= 11 is 1.64. The molecular weight excluding hydrogens is 218 g/mol. The smallest absolute Gasteiger partial charge is 0.138 e. The van der Waals surface area contributed by atoms with Crippen molar-refractivity contribution >= 4 is 17.1 Å². The van der Waals surface area contributed by atoms with Gasteiger partial charge in [0.1, 0.15) is 5.78 Å². The van der Waals surface area contributed by atoms with Gasteiger partial charge in [0.2, 0.25) is 0 Å². The molecular formula is C13H13NOS. The van der Waals surface area contributed by atoms with Crippen molar-refractivity contribution in [1.29, 1.82) is 0 Å². The standard InChI is InChI=1S/C13H13NOS/c15-12(9-13-4-2-8-16-13)6-5-11-3-1-7-14-10-11/h1-4,7-8,10H,5-6,9H2. The van der Waals surface area contributed by atoms with Gasteiger partial charge in [0, 0.05) is 30.1 Å². The minimum absolute atomic E-state index is 0.298. The topological polar surface area (TPSA) is 30.0 Å². The maximum Gasteiger partial charge on any atom is 0.138 e. The molecule has 2 heterocycles. The molecule has 0 aliphatic heterocycles. The monoisotopic (exact) mass is 231 g/mol. The van der Waals surface area contributed by atoms with Crippen LogP contribution in [0.3, 0.4) is 0 Å². The van der Waals surface area contributed by atoms with Gasteiger partial charge < -0.3 is 0 Å². The number of nitrogens with zero attached hydrogens (tertiary/aromatic N) is 1. The Morgan fingerprint density at radius 1 is 1.31 bits per heavy atom. The molecule has 0 saturated heterocycles. The highest BCUT2D eigenvalue weighted by Crippen LogP contribution is 2.11. The van der Waals surface area contributed by atoms with Crippen molar-refractivity contribution in [3.63, 3.8) is 0 Å². The third kappa shape index (κ3) is 3.28. The third-order valence-corrected chi connectivity index (χ3v) is 3.24. The third-order valence-electron chi connectivity index (χ3n) is 2.37. The van der Waals surface area contributed by atoms with Crippen molar-refractivity contribution in [2.75, 3.05) is 0 Å². The number of thiophene rings is 1. The molecule has 0 fully saturated rings. The van der Waals surface area contributed by atoms with Crippen LogP contribution in [0.2, 0.25) is 0 Å². The summed E-state index contributed by atoms with van der Waals surface area (Å²) in [4.78, 5) is 16.8. The van der Waals surface area contributed by atoms with Crippen LogP contribution in [0.25, 0.3) is 0 Å². The van der Waals surface area contributed by atoms with Crippen molar-refractivity contribution < 1.29 is 4.79 Å². The largest absolute Gasteiger partial charge is 0.299 e. The number of hydrogen-bond acceptors (Lipinski definition) is 3. The van der Waals surface area contributed by atoms with Crippen LogP contribution in [0, 0.1) is 0 Å². The van der Waals surface area contributed by atoms with E-state index in [0.717, 1.165) is 16.9 Å². The second-order valence-corrected chi connectivity index (χ2v) is 4.69. The Labute approximate surface area is 99.0 Å². The van der Waals surface area contributed by atoms with Crippen LogP contribution in [-0.2, 0) is 17.6 Å². The van der Waals surface area contributed by atoms with E-state index in [9.17, 15) is 4.79 Å². The van der Waals surface area contributed by atoms with Gasteiger partial charge in [0.25, 0.3) is 0 Å². The quantitative estimate of drug-likeness (QED) is 0.792. The van der Waals surface area contributed by atoms with Crippen LogP contribution in [0.1, 0.15) is 16.9 Å². The molecule has 0 N–H and O–H groups in total. The van der Waals surface area contributed by atoms with E-state index >= 15 is 0 Å². The van der Waals surface area contributed by atoms with E-state index in [4.69, 9.17) is 0 Å². The molecule has 0 spiro atoms. The highest BCUT2D eigenvalue weighted by molar-refractivity contribution is 7.10. The number of aromatic nitrogens is 1. The molecule has 82 valence electrons. The second-order valence-electron chi connectivity index (χ2n) is 3.66. The Bertz CT molecular complexity index is 436. The molecule has 2 aromatic heterocycles. The van der Waals surface area contributed by atoms with Crippen LogP contribution in [0.4, 0.5) is 0 Å². The van der Waals surface area contributed by atoms with Crippen LogP contribution < -0.4 is 0 Å². The molecule has 16 heavy (non-hydrogen) atoms. The Hall–Kier alpha value is -1.48. The van der Waals surface area contributed by atoms with E-state index in [-0.39, 0.29) is 0 Å². The fourth-order valence-electron chi connectivity index (χ4n) is 1.53. The summed E-state index contributed by atoms with van der Waals surface area (Å²) in [5.41, 5.74) is 1.13. The summed E-state index contributed by atoms with van der Waals surface area (Å²) < 4.78 is 0. The molecule has 2 nitrogen and oxygen atoms in total. The zero-order valence-corrected chi connectivity index (χ0v) is 9.74. The summed E-state index contributed by atoms with van der Waals surface area (Å²) in [5.74, 6) is 0.298. The molecule has 0 aliphatic carbocycles. The molecule has 3 heteroatoms. The van der Waals surface area contributed by atoms with Crippen LogP contribution in [0.15, 0.2) is 42.0 Å². The maximum atomic E-state index is 11.7. The van der Waals surface area contributed by atoms with Gasteiger partial charge in [-0.1, -0.05) is 12.1 Å². The van der Waals surface area contributed by atoms with E-state index in [2.05, 4.69) is 4.98 Å². The van der Waals surface area contributed by atoms with Gasteiger partial charge in [-0.15, -0.1) is 11.3 Å². The highest BCUT2D eigenvalue weighted by atomic mass is 32.1. The van der Waals surface area contributed by atoms with Gasteiger partial charge in [-0.2, -0.15) is 0 Å². The summed E-state index contributed by atoms with van der Waals surface area (Å²) in [5, 5.41) is 2.00. The molecule has 2 aromatic rings. The number of pyridine rings is 1. The van der Waals surface area contributed by atoms with Crippen molar-refractivity contribution in [3.05, 3.63) is 52.5 Å². The number of aryl methyl sites for hydroxylation is 1. The van der Waals surface area contributed by atoms with Crippen LogP contribution >= 0.6 is 11.3 Å². The molecule has 0 atom stereocenters. The van der Waals surface area contributed by atoms with E-state index in [1.54, 1.807) is 17.5 Å².